The third kappa shape index (κ3) is 4.15. The van der Waals surface area contributed by atoms with E-state index in [2.05, 4.69) is 5.32 Å². The van der Waals surface area contributed by atoms with Gasteiger partial charge in [-0.05, 0) is 50.0 Å². The van der Waals surface area contributed by atoms with Crippen molar-refractivity contribution in [2.45, 2.75) is 32.2 Å². The Morgan fingerprint density at radius 3 is 2.52 bits per heavy atom. The Labute approximate surface area is 122 Å². The molecule has 0 radical (unpaired) electrons. The molecule has 1 aromatic carbocycles. The number of carboxylic acids is 1. The van der Waals surface area contributed by atoms with Crippen LogP contribution in [-0.2, 0) is 9.59 Å². The van der Waals surface area contributed by atoms with Gasteiger partial charge in [0, 0.05) is 11.6 Å². The molecule has 0 saturated heterocycles. The Balaban J connectivity index is 1.94. The van der Waals surface area contributed by atoms with Gasteiger partial charge in [0.1, 0.15) is 5.82 Å². The van der Waals surface area contributed by atoms with Crippen LogP contribution in [0.15, 0.2) is 29.8 Å². The fourth-order valence-electron chi connectivity index (χ4n) is 2.51. The van der Waals surface area contributed by atoms with Crippen LogP contribution in [0, 0.1) is 11.7 Å². The van der Waals surface area contributed by atoms with Crippen molar-refractivity contribution < 1.29 is 19.1 Å². The number of halogens is 1. The minimum absolute atomic E-state index is 0.0878. The van der Waals surface area contributed by atoms with Gasteiger partial charge in [-0.2, -0.15) is 0 Å². The maximum absolute atomic E-state index is 12.8. The van der Waals surface area contributed by atoms with Crippen molar-refractivity contribution in [2.75, 3.05) is 0 Å². The lowest BCUT2D eigenvalue weighted by atomic mass is 10.1. The topological polar surface area (TPSA) is 66.4 Å². The van der Waals surface area contributed by atoms with E-state index in [-0.39, 0.29) is 23.7 Å². The van der Waals surface area contributed by atoms with Crippen LogP contribution in [-0.4, -0.2) is 23.0 Å². The Kier molecular flexibility index (Phi) is 4.73. The molecule has 0 aromatic heterocycles. The molecule has 1 amide bonds. The minimum Gasteiger partial charge on any atom is -0.481 e. The number of aliphatic carboxylic acids is 1. The molecule has 2 unspecified atom stereocenters. The summed E-state index contributed by atoms with van der Waals surface area (Å²) in [5.41, 5.74) is 1.26. The number of hydrogen-bond acceptors (Lipinski definition) is 2. The molecule has 21 heavy (non-hydrogen) atoms. The Morgan fingerprint density at radius 1 is 1.29 bits per heavy atom. The van der Waals surface area contributed by atoms with Crippen LogP contribution in [0.4, 0.5) is 4.39 Å². The molecule has 4 nitrogen and oxygen atoms in total. The predicted octanol–water partition coefficient (Wildman–Crippen LogP) is 2.60. The highest BCUT2D eigenvalue weighted by Crippen LogP contribution is 2.25. The summed E-state index contributed by atoms with van der Waals surface area (Å²) in [4.78, 5) is 22.9. The molecule has 5 heteroatoms. The quantitative estimate of drug-likeness (QED) is 0.838. The fraction of sp³-hybridized carbons (Fsp3) is 0.375. The van der Waals surface area contributed by atoms with Crippen LogP contribution in [0.3, 0.4) is 0 Å². The second kappa shape index (κ2) is 6.52. The van der Waals surface area contributed by atoms with E-state index in [1.165, 1.54) is 12.1 Å². The van der Waals surface area contributed by atoms with E-state index in [4.69, 9.17) is 5.11 Å². The number of rotatable bonds is 4. The molecular weight excluding hydrogens is 273 g/mol. The van der Waals surface area contributed by atoms with Crippen LogP contribution in [0.2, 0.25) is 0 Å². The fourth-order valence-corrected chi connectivity index (χ4v) is 2.51. The van der Waals surface area contributed by atoms with Crippen molar-refractivity contribution in [3.05, 3.63) is 41.2 Å². The van der Waals surface area contributed by atoms with Gasteiger partial charge in [-0.3, -0.25) is 9.59 Å². The van der Waals surface area contributed by atoms with Crippen LogP contribution in [0.5, 0.6) is 0 Å². The highest BCUT2D eigenvalue weighted by Gasteiger charge is 2.30. The van der Waals surface area contributed by atoms with E-state index < -0.39 is 5.97 Å². The van der Waals surface area contributed by atoms with Crippen LogP contribution >= 0.6 is 0 Å². The van der Waals surface area contributed by atoms with E-state index in [0.717, 1.165) is 5.56 Å². The van der Waals surface area contributed by atoms with Crippen LogP contribution in [0.1, 0.15) is 31.7 Å². The summed E-state index contributed by atoms with van der Waals surface area (Å²) in [6.07, 6.45) is 3.44. The lowest BCUT2D eigenvalue weighted by Crippen LogP contribution is -2.33. The number of carbonyl (C=O) groups excluding carboxylic acids is 1. The van der Waals surface area contributed by atoms with Gasteiger partial charge in [-0.15, -0.1) is 0 Å². The second-order valence-electron chi connectivity index (χ2n) is 5.40. The van der Waals surface area contributed by atoms with Crippen LogP contribution < -0.4 is 5.32 Å². The molecule has 0 spiro atoms. The Morgan fingerprint density at radius 2 is 1.95 bits per heavy atom. The van der Waals surface area contributed by atoms with E-state index in [0.29, 0.717) is 24.8 Å². The first-order chi connectivity index (χ1) is 9.95. The zero-order chi connectivity index (χ0) is 15.4. The SMILES string of the molecule is C/C(=C\c1ccc(F)cc1)C(=O)NC1CCC(C(=O)O)C1. The molecule has 112 valence electrons. The summed E-state index contributed by atoms with van der Waals surface area (Å²) in [5.74, 6) is -1.70. The first-order valence-electron chi connectivity index (χ1n) is 6.93. The van der Waals surface area contributed by atoms with E-state index in [1.54, 1.807) is 25.1 Å². The third-order valence-electron chi connectivity index (χ3n) is 3.73. The standard InChI is InChI=1S/C16H18FNO3/c1-10(8-11-2-5-13(17)6-3-11)15(19)18-14-7-4-12(9-14)16(20)21/h2-3,5-6,8,12,14H,4,7,9H2,1H3,(H,18,19)(H,20,21)/b10-8+. The number of hydrogen-bond donors (Lipinski definition) is 2. The van der Waals surface area contributed by atoms with Crippen molar-refractivity contribution in [1.29, 1.82) is 0 Å². The molecular formula is C16H18FNO3. The van der Waals surface area contributed by atoms with Gasteiger partial charge in [-0.25, -0.2) is 4.39 Å². The highest BCUT2D eigenvalue weighted by molar-refractivity contribution is 5.97. The summed E-state index contributed by atoms with van der Waals surface area (Å²) in [5, 5.41) is 11.8. The van der Waals surface area contributed by atoms with Gasteiger partial charge in [-0.1, -0.05) is 12.1 Å². The molecule has 0 heterocycles. The van der Waals surface area contributed by atoms with Crippen molar-refractivity contribution >= 4 is 18.0 Å². The Hall–Kier alpha value is -2.17. The molecule has 2 N–H and O–H groups in total. The van der Waals surface area contributed by atoms with Gasteiger partial charge in [0.2, 0.25) is 5.91 Å². The molecule has 0 aliphatic heterocycles. The van der Waals surface area contributed by atoms with Crippen molar-refractivity contribution in [3.8, 4) is 0 Å². The zero-order valence-electron chi connectivity index (χ0n) is 11.8. The molecule has 1 aliphatic carbocycles. The van der Waals surface area contributed by atoms with Gasteiger partial charge in [0.15, 0.2) is 0 Å². The Bertz CT molecular complexity index is 565. The average molecular weight is 291 g/mol. The summed E-state index contributed by atoms with van der Waals surface area (Å²) in [6, 6.07) is 5.79. The van der Waals surface area contributed by atoms with Gasteiger partial charge < -0.3 is 10.4 Å². The van der Waals surface area contributed by atoms with Crippen molar-refractivity contribution in [1.82, 2.24) is 5.32 Å². The number of carbonyl (C=O) groups is 2. The summed E-state index contributed by atoms with van der Waals surface area (Å²) in [6.45, 7) is 1.68. The molecule has 2 atom stereocenters. The molecule has 2 rings (SSSR count). The largest absolute Gasteiger partial charge is 0.481 e. The molecule has 1 aromatic rings. The smallest absolute Gasteiger partial charge is 0.306 e. The molecule has 0 bridgehead atoms. The van der Waals surface area contributed by atoms with Gasteiger partial charge in [0.05, 0.1) is 5.92 Å². The summed E-state index contributed by atoms with van der Waals surface area (Å²) >= 11 is 0. The first-order valence-corrected chi connectivity index (χ1v) is 6.93. The van der Waals surface area contributed by atoms with E-state index in [9.17, 15) is 14.0 Å². The average Bonchev–Trinajstić information content (AvgIpc) is 2.90. The van der Waals surface area contributed by atoms with E-state index in [1.807, 2.05) is 0 Å². The molecule has 1 saturated carbocycles. The summed E-state index contributed by atoms with van der Waals surface area (Å²) in [7, 11) is 0. The number of carboxylic acid groups (broad SMARTS) is 1. The minimum atomic E-state index is -0.801. The predicted molar refractivity (Wildman–Crippen MR) is 77.0 cm³/mol. The zero-order valence-corrected chi connectivity index (χ0v) is 11.8. The summed E-state index contributed by atoms with van der Waals surface area (Å²) < 4.78 is 12.8. The normalized spacial score (nSPS) is 22.1. The van der Waals surface area contributed by atoms with Gasteiger partial charge in [0.25, 0.3) is 0 Å². The monoisotopic (exact) mass is 291 g/mol. The third-order valence-corrected chi connectivity index (χ3v) is 3.73. The molecule has 1 fully saturated rings. The molecule has 1 aliphatic rings. The lowest BCUT2D eigenvalue weighted by molar-refractivity contribution is -0.141. The van der Waals surface area contributed by atoms with Crippen molar-refractivity contribution in [2.24, 2.45) is 5.92 Å². The first kappa shape index (κ1) is 15.2. The van der Waals surface area contributed by atoms with E-state index >= 15 is 0 Å². The maximum Gasteiger partial charge on any atom is 0.306 e. The second-order valence-corrected chi connectivity index (χ2v) is 5.40. The highest BCUT2D eigenvalue weighted by atomic mass is 19.1. The van der Waals surface area contributed by atoms with Gasteiger partial charge >= 0.3 is 5.97 Å². The van der Waals surface area contributed by atoms with Crippen LogP contribution in [0.25, 0.3) is 6.08 Å². The maximum atomic E-state index is 12.8. The number of benzene rings is 1. The number of nitrogens with one attached hydrogen (secondary N) is 1. The lowest BCUT2D eigenvalue weighted by Gasteiger charge is -2.12. The number of amides is 1. The van der Waals surface area contributed by atoms with Crippen molar-refractivity contribution in [3.63, 3.8) is 0 Å².